The smallest absolute Gasteiger partial charge is 0.410 e. The highest BCUT2D eigenvalue weighted by Crippen LogP contribution is 2.19. The Morgan fingerprint density at radius 1 is 1.24 bits per heavy atom. The second-order valence-corrected chi connectivity index (χ2v) is 7.93. The van der Waals surface area contributed by atoms with Gasteiger partial charge in [-0.2, -0.15) is 0 Å². The van der Waals surface area contributed by atoms with E-state index in [1.54, 1.807) is 20.8 Å². The quantitative estimate of drug-likeness (QED) is 0.552. The van der Waals surface area contributed by atoms with Crippen molar-refractivity contribution < 1.29 is 28.7 Å². The summed E-state index contributed by atoms with van der Waals surface area (Å²) in [6.45, 7) is 5.66. The zero-order chi connectivity index (χ0) is 21.4. The molecule has 1 aromatic carbocycles. The van der Waals surface area contributed by atoms with Gasteiger partial charge in [0.25, 0.3) is 0 Å². The summed E-state index contributed by atoms with van der Waals surface area (Å²) < 4.78 is 10.5. The topological polar surface area (TPSA) is 102 Å². The van der Waals surface area contributed by atoms with Crippen LogP contribution in [0.4, 0.5) is 4.79 Å². The van der Waals surface area contributed by atoms with E-state index >= 15 is 0 Å². The van der Waals surface area contributed by atoms with Crippen LogP contribution in [0.3, 0.4) is 0 Å². The first kappa shape index (κ1) is 22.4. The zero-order valence-corrected chi connectivity index (χ0v) is 17.1. The molecule has 1 aliphatic heterocycles. The average Bonchev–Trinajstić information content (AvgIpc) is 3.15. The van der Waals surface area contributed by atoms with Crippen molar-refractivity contribution in [3.8, 4) is 0 Å². The molecule has 1 aromatic rings. The fraction of sp³-hybridized carbons (Fsp3) is 0.524. The van der Waals surface area contributed by atoms with E-state index in [0.717, 1.165) is 5.56 Å². The molecule has 1 saturated heterocycles. The lowest BCUT2D eigenvalue weighted by Crippen LogP contribution is -2.50. The summed E-state index contributed by atoms with van der Waals surface area (Å²) in [6.07, 6.45) is 0.758. The molecule has 0 radical (unpaired) electrons. The predicted octanol–water partition coefficient (Wildman–Crippen LogP) is 2.20. The summed E-state index contributed by atoms with van der Waals surface area (Å²) >= 11 is 0. The first-order chi connectivity index (χ1) is 13.7. The number of hydrogen-bond donors (Lipinski definition) is 1. The lowest BCUT2D eigenvalue weighted by Gasteiger charge is -2.25. The normalized spacial score (nSPS) is 17.3. The van der Waals surface area contributed by atoms with Crippen LogP contribution in [0, 0.1) is 0 Å². The minimum Gasteiger partial charge on any atom is -0.460 e. The number of amides is 2. The van der Waals surface area contributed by atoms with Gasteiger partial charge in [-0.3, -0.25) is 14.5 Å². The molecule has 1 fully saturated rings. The van der Waals surface area contributed by atoms with Crippen LogP contribution < -0.4 is 5.32 Å². The van der Waals surface area contributed by atoms with Crippen LogP contribution in [0.5, 0.6) is 0 Å². The van der Waals surface area contributed by atoms with Crippen LogP contribution in [0.1, 0.15) is 45.6 Å². The number of esters is 1. The summed E-state index contributed by atoms with van der Waals surface area (Å²) in [5, 5.41) is 2.53. The Morgan fingerprint density at radius 3 is 2.55 bits per heavy atom. The first-order valence-electron chi connectivity index (χ1n) is 9.64. The van der Waals surface area contributed by atoms with Gasteiger partial charge in [0.1, 0.15) is 24.5 Å². The first-order valence-corrected chi connectivity index (χ1v) is 9.64. The Bertz CT molecular complexity index is 728. The SMILES string of the molecule is CC(C)(C)OC(=O)C[C@@H](C=O)NC(=O)[C@@H]1CCCN1C(=O)OCc1ccccc1. The molecular formula is C21H28N2O6. The fourth-order valence-corrected chi connectivity index (χ4v) is 3.03. The number of hydrogen-bond acceptors (Lipinski definition) is 6. The van der Waals surface area contributed by atoms with Crippen LogP contribution in [0.25, 0.3) is 0 Å². The maximum atomic E-state index is 12.6. The van der Waals surface area contributed by atoms with E-state index in [9.17, 15) is 19.2 Å². The third kappa shape index (κ3) is 7.21. The minimum atomic E-state index is -1.01. The van der Waals surface area contributed by atoms with Crippen molar-refractivity contribution in [1.82, 2.24) is 10.2 Å². The van der Waals surface area contributed by atoms with Gasteiger partial charge in [0.05, 0.1) is 12.5 Å². The second-order valence-electron chi connectivity index (χ2n) is 7.93. The molecule has 1 aliphatic rings. The molecule has 1 heterocycles. The Labute approximate surface area is 170 Å². The van der Waals surface area contributed by atoms with Crippen LogP contribution >= 0.6 is 0 Å². The average molecular weight is 404 g/mol. The molecule has 0 saturated carbocycles. The summed E-state index contributed by atoms with van der Waals surface area (Å²) in [5.41, 5.74) is 0.165. The Hall–Kier alpha value is -2.90. The number of likely N-dealkylation sites (tertiary alicyclic amines) is 1. The number of carbonyl (C=O) groups is 4. The van der Waals surface area contributed by atoms with Crippen molar-refractivity contribution in [1.29, 1.82) is 0 Å². The third-order valence-electron chi connectivity index (χ3n) is 4.29. The molecule has 1 N–H and O–H groups in total. The molecule has 158 valence electrons. The molecule has 0 spiro atoms. The van der Waals surface area contributed by atoms with Crippen LogP contribution in [0.2, 0.25) is 0 Å². The summed E-state index contributed by atoms with van der Waals surface area (Å²) in [5.74, 6) is -1.07. The monoisotopic (exact) mass is 404 g/mol. The van der Waals surface area contributed by atoms with Crippen LogP contribution in [-0.2, 0) is 30.5 Å². The van der Waals surface area contributed by atoms with Crippen molar-refractivity contribution in [3.05, 3.63) is 35.9 Å². The van der Waals surface area contributed by atoms with Crippen molar-refractivity contribution in [3.63, 3.8) is 0 Å². The van der Waals surface area contributed by atoms with Crippen molar-refractivity contribution in [2.24, 2.45) is 0 Å². The summed E-state index contributed by atoms with van der Waals surface area (Å²) in [6, 6.07) is 7.49. The van der Waals surface area contributed by atoms with Crippen LogP contribution in [-0.4, -0.2) is 53.4 Å². The summed E-state index contributed by atoms with van der Waals surface area (Å²) in [4.78, 5) is 49.6. The number of rotatable bonds is 7. The molecular weight excluding hydrogens is 376 g/mol. The van der Waals surface area contributed by atoms with Gasteiger partial charge in [0.15, 0.2) is 0 Å². The third-order valence-corrected chi connectivity index (χ3v) is 4.29. The van der Waals surface area contributed by atoms with E-state index in [0.29, 0.717) is 25.7 Å². The lowest BCUT2D eigenvalue weighted by atomic mass is 10.1. The largest absolute Gasteiger partial charge is 0.460 e. The van der Waals surface area contributed by atoms with E-state index in [1.165, 1.54) is 4.90 Å². The molecule has 2 rings (SSSR count). The molecule has 8 heteroatoms. The Balaban J connectivity index is 1.89. The number of carbonyl (C=O) groups excluding carboxylic acids is 4. The number of aldehydes is 1. The summed E-state index contributed by atoms with van der Waals surface area (Å²) in [7, 11) is 0. The van der Waals surface area contributed by atoms with Crippen molar-refractivity contribution in [2.75, 3.05) is 6.54 Å². The second kappa shape index (κ2) is 10.0. The lowest BCUT2D eigenvalue weighted by molar-refractivity contribution is -0.156. The van der Waals surface area contributed by atoms with Gasteiger partial charge in [0, 0.05) is 6.54 Å². The van der Waals surface area contributed by atoms with E-state index in [4.69, 9.17) is 9.47 Å². The van der Waals surface area contributed by atoms with E-state index in [1.807, 2.05) is 30.3 Å². The molecule has 2 atom stereocenters. The highest BCUT2D eigenvalue weighted by molar-refractivity contribution is 5.89. The maximum Gasteiger partial charge on any atom is 0.410 e. The minimum absolute atomic E-state index is 0.111. The van der Waals surface area contributed by atoms with Gasteiger partial charge in [-0.1, -0.05) is 30.3 Å². The zero-order valence-electron chi connectivity index (χ0n) is 17.1. The highest BCUT2D eigenvalue weighted by Gasteiger charge is 2.36. The van der Waals surface area contributed by atoms with Gasteiger partial charge in [0.2, 0.25) is 5.91 Å². The number of benzene rings is 1. The number of ether oxygens (including phenoxy) is 2. The van der Waals surface area contributed by atoms with Gasteiger partial charge < -0.3 is 19.6 Å². The van der Waals surface area contributed by atoms with Crippen LogP contribution in [0.15, 0.2) is 30.3 Å². The van der Waals surface area contributed by atoms with E-state index in [2.05, 4.69) is 5.32 Å². The molecule has 2 amide bonds. The van der Waals surface area contributed by atoms with Gasteiger partial charge in [-0.05, 0) is 39.2 Å². The van der Waals surface area contributed by atoms with E-state index in [-0.39, 0.29) is 13.0 Å². The van der Waals surface area contributed by atoms with Gasteiger partial charge in [-0.25, -0.2) is 4.79 Å². The predicted molar refractivity (Wildman–Crippen MR) is 105 cm³/mol. The Kier molecular flexibility index (Phi) is 7.75. The molecule has 0 aliphatic carbocycles. The highest BCUT2D eigenvalue weighted by atomic mass is 16.6. The standard InChI is InChI=1S/C21H28N2O6/c1-21(2,3)29-18(25)12-16(13-24)22-19(26)17-10-7-11-23(17)20(27)28-14-15-8-5-4-6-9-15/h4-6,8-9,13,16-17H,7,10-12,14H2,1-3H3,(H,22,26)/t16-,17-/m0/s1. The number of nitrogens with zero attached hydrogens (tertiary/aromatic N) is 1. The number of nitrogens with one attached hydrogen (secondary N) is 1. The molecule has 29 heavy (non-hydrogen) atoms. The van der Waals surface area contributed by atoms with Crippen molar-refractivity contribution in [2.45, 2.75) is 64.3 Å². The maximum absolute atomic E-state index is 12.6. The van der Waals surface area contributed by atoms with Crippen molar-refractivity contribution >= 4 is 24.3 Å². The Morgan fingerprint density at radius 2 is 1.93 bits per heavy atom. The fourth-order valence-electron chi connectivity index (χ4n) is 3.03. The van der Waals surface area contributed by atoms with Gasteiger partial charge in [-0.15, -0.1) is 0 Å². The molecule has 0 unspecified atom stereocenters. The molecule has 0 aromatic heterocycles. The molecule has 8 nitrogen and oxygen atoms in total. The van der Waals surface area contributed by atoms with Gasteiger partial charge >= 0.3 is 12.1 Å². The van der Waals surface area contributed by atoms with E-state index < -0.39 is 35.7 Å². The molecule has 0 bridgehead atoms.